The molecule has 0 spiro atoms. The van der Waals surface area contributed by atoms with Gasteiger partial charge in [0.2, 0.25) is 0 Å². The van der Waals surface area contributed by atoms with E-state index in [0.29, 0.717) is 0 Å². The predicted octanol–water partition coefficient (Wildman–Crippen LogP) is -1.63. The van der Waals surface area contributed by atoms with E-state index in [1.165, 1.54) is 25.7 Å². The average molecular weight is 445 g/mol. The molecule has 11 heteroatoms. The maximum Gasteiger partial charge on any atom is 2.00 e. The quantitative estimate of drug-likeness (QED) is 0.282. The van der Waals surface area contributed by atoms with Crippen LogP contribution in [0.4, 0.5) is 0 Å². The third-order valence-electron chi connectivity index (χ3n) is 1.21. The second-order valence-electron chi connectivity index (χ2n) is 3.31. The average Bonchev–Trinajstić information content (AvgIpc) is 2.15. The molecule has 0 fully saturated rings. The van der Waals surface area contributed by atoms with E-state index < -0.39 is 15.6 Å². The SMILES string of the molecule is O=P([O-])([O-])[O-].O=P([O-])([O-])[O-].[CH2-]CCCC.[CH2-]CCCC.[Cd+2]. The molecule has 0 heterocycles. The fourth-order valence-electron chi connectivity index (χ4n) is 0.500. The van der Waals surface area contributed by atoms with Gasteiger partial charge in [-0.3, -0.25) is 0 Å². The van der Waals surface area contributed by atoms with Crippen molar-refractivity contribution in [1.82, 2.24) is 0 Å². The fourth-order valence-corrected chi connectivity index (χ4v) is 0.500. The van der Waals surface area contributed by atoms with E-state index in [9.17, 15) is 0 Å². The maximum atomic E-state index is 8.55. The Kier molecular flexibility index (Phi) is 37.5. The van der Waals surface area contributed by atoms with E-state index in [1.54, 1.807) is 0 Å². The number of phosphoric acid groups is 2. The van der Waals surface area contributed by atoms with Crippen LogP contribution in [-0.2, 0) is 36.4 Å². The number of unbranched alkanes of at least 4 members (excludes halogenated alkanes) is 4. The first kappa shape index (κ1) is 33.7. The molecule has 0 aromatic heterocycles. The molecule has 0 rings (SSSR count). The van der Waals surface area contributed by atoms with E-state index in [4.69, 9.17) is 38.5 Å². The first-order chi connectivity index (χ1) is 8.83. The first-order valence-electron chi connectivity index (χ1n) is 5.87. The molecule has 0 bridgehead atoms. The van der Waals surface area contributed by atoms with Crippen LogP contribution in [0.2, 0.25) is 0 Å². The van der Waals surface area contributed by atoms with Crippen LogP contribution in [0.5, 0.6) is 0 Å². The van der Waals surface area contributed by atoms with E-state index in [0.717, 1.165) is 12.8 Å². The van der Waals surface area contributed by atoms with Crippen molar-refractivity contribution < 1.29 is 65.8 Å². The van der Waals surface area contributed by atoms with Crippen LogP contribution in [0, 0.1) is 13.8 Å². The molecule has 0 amide bonds. The van der Waals surface area contributed by atoms with E-state index >= 15 is 0 Å². The van der Waals surface area contributed by atoms with Gasteiger partial charge in [-0.1, -0.05) is 39.5 Å². The van der Waals surface area contributed by atoms with Gasteiger partial charge in [-0.2, -0.15) is 28.5 Å². The van der Waals surface area contributed by atoms with Gasteiger partial charge in [-0.15, -0.1) is 0 Å². The second kappa shape index (κ2) is 23.4. The summed E-state index contributed by atoms with van der Waals surface area (Å²) in [6, 6.07) is 0. The van der Waals surface area contributed by atoms with Crippen molar-refractivity contribution in [3.8, 4) is 0 Å². The van der Waals surface area contributed by atoms with Crippen LogP contribution in [0.15, 0.2) is 0 Å². The predicted molar refractivity (Wildman–Crippen MR) is 65.0 cm³/mol. The summed E-state index contributed by atoms with van der Waals surface area (Å²) in [5, 5.41) is 0. The van der Waals surface area contributed by atoms with Crippen molar-refractivity contribution in [2.24, 2.45) is 0 Å². The third kappa shape index (κ3) is 293. The van der Waals surface area contributed by atoms with Gasteiger partial charge >= 0.3 is 27.3 Å². The number of rotatable bonds is 4. The largest absolute Gasteiger partial charge is 2.00 e. The zero-order valence-corrected chi connectivity index (χ0v) is 18.3. The number of hydrogen-bond acceptors (Lipinski definition) is 8. The molecule has 0 saturated heterocycles. The summed E-state index contributed by atoms with van der Waals surface area (Å²) in [6.07, 6.45) is 7.31. The molecular formula is C10H22CdO8P2-6. The van der Waals surface area contributed by atoms with Crippen molar-refractivity contribution >= 4 is 15.6 Å². The Hall–Kier alpha value is 1.14. The van der Waals surface area contributed by atoms with Crippen LogP contribution in [0.1, 0.15) is 52.4 Å². The van der Waals surface area contributed by atoms with Crippen molar-refractivity contribution in [2.75, 3.05) is 0 Å². The Morgan fingerprint density at radius 1 is 0.714 bits per heavy atom. The van der Waals surface area contributed by atoms with Gasteiger partial charge in [0, 0.05) is 0 Å². The topological polar surface area (TPSA) is 172 Å². The molecule has 0 radical (unpaired) electrons. The van der Waals surface area contributed by atoms with E-state index in [-0.39, 0.29) is 27.3 Å². The smallest absolute Gasteiger partial charge is 0.822 e. The second-order valence-corrected chi connectivity index (χ2v) is 5.10. The normalized spacial score (nSPS) is 9.62. The maximum absolute atomic E-state index is 8.55. The van der Waals surface area contributed by atoms with Gasteiger partial charge < -0.3 is 52.3 Å². The van der Waals surface area contributed by atoms with Crippen molar-refractivity contribution in [1.29, 1.82) is 0 Å². The standard InChI is InChI=1S/2C5H11.Cd.2H3O4P/c2*1-3-5-4-2;;2*1-5(2,3)4/h2*1,3-5H2,2H3;;2*(H3,1,2,3,4)/q2*-1;+2;;/p-6. The van der Waals surface area contributed by atoms with Crippen LogP contribution >= 0.6 is 15.6 Å². The van der Waals surface area contributed by atoms with Crippen molar-refractivity contribution in [3.63, 3.8) is 0 Å². The summed E-state index contributed by atoms with van der Waals surface area (Å²) >= 11 is 0. The van der Waals surface area contributed by atoms with Crippen LogP contribution in [-0.4, -0.2) is 0 Å². The minimum atomic E-state index is -5.39. The van der Waals surface area contributed by atoms with Crippen LogP contribution in [0.3, 0.4) is 0 Å². The van der Waals surface area contributed by atoms with Gasteiger partial charge in [0.05, 0.1) is 0 Å². The van der Waals surface area contributed by atoms with Gasteiger partial charge in [-0.05, 0) is 0 Å². The van der Waals surface area contributed by atoms with Crippen LogP contribution < -0.4 is 29.4 Å². The Morgan fingerprint density at radius 2 is 0.857 bits per heavy atom. The Balaban J connectivity index is -0.0000000533. The Bertz CT molecular complexity index is 207. The third-order valence-corrected chi connectivity index (χ3v) is 1.21. The van der Waals surface area contributed by atoms with Gasteiger partial charge in [0.15, 0.2) is 0 Å². The van der Waals surface area contributed by atoms with Gasteiger partial charge in [0.1, 0.15) is 0 Å². The first-order valence-corrected chi connectivity index (χ1v) is 8.80. The fraction of sp³-hybridized carbons (Fsp3) is 0.800. The minimum Gasteiger partial charge on any atom is -0.822 e. The van der Waals surface area contributed by atoms with Crippen molar-refractivity contribution in [2.45, 2.75) is 52.4 Å². The molecule has 0 atom stereocenters. The van der Waals surface area contributed by atoms with Gasteiger partial charge in [-0.25, -0.2) is 0 Å². The molecule has 0 aliphatic carbocycles. The molecule has 0 aromatic rings. The molecule has 0 unspecified atom stereocenters. The summed E-state index contributed by atoms with van der Waals surface area (Å²) in [6.45, 7) is 11.7. The summed E-state index contributed by atoms with van der Waals surface area (Å²) in [5.41, 5.74) is 0. The molecular weight excluding hydrogens is 422 g/mol. The Labute approximate surface area is 147 Å². The summed E-state index contributed by atoms with van der Waals surface area (Å²) in [4.78, 5) is 51.3. The van der Waals surface area contributed by atoms with E-state index in [2.05, 4.69) is 27.7 Å². The minimum absolute atomic E-state index is 0. The monoisotopic (exact) mass is 446 g/mol. The molecule has 0 aliphatic rings. The van der Waals surface area contributed by atoms with E-state index in [1.807, 2.05) is 0 Å². The molecule has 0 aliphatic heterocycles. The molecule has 8 nitrogen and oxygen atoms in total. The zero-order valence-electron chi connectivity index (χ0n) is 12.5. The molecule has 128 valence electrons. The summed E-state index contributed by atoms with van der Waals surface area (Å²) in [5.74, 6) is 0. The molecule has 0 N–H and O–H groups in total. The number of hydrogen-bond donors (Lipinski definition) is 0. The molecule has 0 saturated carbocycles. The summed E-state index contributed by atoms with van der Waals surface area (Å²) < 4.78 is 17.1. The Morgan fingerprint density at radius 3 is 0.857 bits per heavy atom. The van der Waals surface area contributed by atoms with Crippen LogP contribution in [0.25, 0.3) is 0 Å². The molecule has 21 heavy (non-hydrogen) atoms. The van der Waals surface area contributed by atoms with Crippen molar-refractivity contribution in [3.05, 3.63) is 13.8 Å². The molecule has 0 aromatic carbocycles. The summed E-state index contributed by atoms with van der Waals surface area (Å²) in [7, 11) is -10.8. The van der Waals surface area contributed by atoms with Gasteiger partial charge in [0.25, 0.3) is 0 Å². The zero-order chi connectivity index (χ0) is 17.2.